The number of anilines is 1. The van der Waals surface area contributed by atoms with E-state index in [4.69, 9.17) is 21.1 Å². The Balaban J connectivity index is 0.00000155. The van der Waals surface area contributed by atoms with Crippen LogP contribution in [0.25, 0.3) is 11.3 Å². The van der Waals surface area contributed by atoms with Gasteiger partial charge in [-0.2, -0.15) is 0 Å². The Morgan fingerprint density at radius 2 is 1.83 bits per heavy atom. The van der Waals surface area contributed by atoms with E-state index in [-0.39, 0.29) is 5.91 Å². The van der Waals surface area contributed by atoms with E-state index in [0.717, 1.165) is 16.3 Å². The van der Waals surface area contributed by atoms with Crippen LogP contribution in [0.5, 0.6) is 11.5 Å². The first-order valence-electron chi connectivity index (χ1n) is 9.71. The van der Waals surface area contributed by atoms with Gasteiger partial charge in [-0.3, -0.25) is 4.79 Å². The van der Waals surface area contributed by atoms with Gasteiger partial charge in [0.2, 0.25) is 0 Å². The minimum atomic E-state index is -0.293. The summed E-state index contributed by atoms with van der Waals surface area (Å²) in [6, 6.07) is 10.4. The molecule has 5 nitrogen and oxygen atoms in total. The normalized spacial score (nSPS) is 10.3. The number of aromatic nitrogens is 1. The van der Waals surface area contributed by atoms with Crippen LogP contribution < -0.4 is 14.8 Å². The molecule has 30 heavy (non-hydrogen) atoms. The molecular formula is C23H27ClN2O3S. The van der Waals surface area contributed by atoms with Crippen molar-refractivity contribution in [1.29, 1.82) is 0 Å². The van der Waals surface area contributed by atoms with Crippen molar-refractivity contribution in [3.8, 4) is 22.8 Å². The van der Waals surface area contributed by atoms with Gasteiger partial charge in [0, 0.05) is 28.6 Å². The molecule has 0 saturated heterocycles. The molecule has 1 amide bonds. The van der Waals surface area contributed by atoms with Crippen molar-refractivity contribution in [3.63, 3.8) is 0 Å². The molecule has 3 aromatic rings. The van der Waals surface area contributed by atoms with Gasteiger partial charge < -0.3 is 14.8 Å². The fraction of sp³-hybridized carbons (Fsp3) is 0.304. The number of amides is 1. The lowest BCUT2D eigenvalue weighted by atomic mass is 10.1. The van der Waals surface area contributed by atoms with Crippen LogP contribution in [-0.2, 0) is 0 Å². The van der Waals surface area contributed by atoms with Gasteiger partial charge in [-0.15, -0.1) is 11.3 Å². The van der Waals surface area contributed by atoms with E-state index in [9.17, 15) is 4.79 Å². The quantitative estimate of drug-likeness (QED) is 0.448. The molecule has 0 fully saturated rings. The third-order valence-corrected chi connectivity index (χ3v) is 5.63. The van der Waals surface area contributed by atoms with Crippen molar-refractivity contribution in [2.75, 3.05) is 19.5 Å². The fourth-order valence-corrected chi connectivity index (χ4v) is 3.77. The van der Waals surface area contributed by atoms with Crippen molar-refractivity contribution < 1.29 is 14.3 Å². The maximum absolute atomic E-state index is 12.7. The van der Waals surface area contributed by atoms with Crippen LogP contribution in [0.15, 0.2) is 41.8 Å². The van der Waals surface area contributed by atoms with Gasteiger partial charge in [0.1, 0.15) is 11.5 Å². The number of hydrogen-bond acceptors (Lipinski definition) is 5. The number of nitrogens with one attached hydrogen (secondary N) is 1. The third kappa shape index (κ3) is 5.52. The molecular weight excluding hydrogens is 420 g/mol. The highest BCUT2D eigenvalue weighted by molar-refractivity contribution is 7.10. The lowest BCUT2D eigenvalue weighted by molar-refractivity contribution is 0.102. The molecule has 1 heterocycles. The molecule has 160 valence electrons. The largest absolute Gasteiger partial charge is 0.497 e. The summed E-state index contributed by atoms with van der Waals surface area (Å²) in [5.74, 6) is 1.13. The number of nitrogens with zero attached hydrogens (tertiary/aromatic N) is 1. The minimum Gasteiger partial charge on any atom is -0.497 e. The molecule has 7 heteroatoms. The molecule has 0 aliphatic carbocycles. The maximum Gasteiger partial charge on any atom is 0.259 e. The van der Waals surface area contributed by atoms with Crippen LogP contribution in [0.1, 0.15) is 49.0 Å². The summed E-state index contributed by atoms with van der Waals surface area (Å²) in [5.41, 5.74) is 2.68. The topological polar surface area (TPSA) is 60.5 Å². The highest BCUT2D eigenvalue weighted by Crippen LogP contribution is 2.33. The molecule has 2 aromatic carbocycles. The average Bonchev–Trinajstić information content (AvgIpc) is 3.25. The molecule has 0 unspecified atom stereocenters. The number of rotatable bonds is 6. The van der Waals surface area contributed by atoms with E-state index in [2.05, 4.69) is 24.1 Å². The number of benzene rings is 2. The minimum absolute atomic E-state index is 0.293. The SMILES string of the molecule is CC.COc1ccc(C(=O)Nc2ccc(-c3csc(C(C)C)n3)c(Cl)c2)c(OC)c1. The standard InChI is InChI=1S/C21H21ClN2O3S.C2H6/c1-12(2)21-24-18(11-28-21)15-7-5-13(9-17(15)22)23-20(25)16-8-6-14(26-3)10-19(16)27-4;1-2/h5-12H,1-4H3,(H,23,25);1-2H3. The van der Waals surface area contributed by atoms with E-state index in [1.54, 1.807) is 42.7 Å². The monoisotopic (exact) mass is 446 g/mol. The molecule has 1 aromatic heterocycles. The molecule has 0 radical (unpaired) electrons. The van der Waals surface area contributed by atoms with Gasteiger partial charge in [0.25, 0.3) is 5.91 Å². The molecule has 0 spiro atoms. The first-order chi connectivity index (χ1) is 14.4. The van der Waals surface area contributed by atoms with Crippen molar-refractivity contribution in [2.45, 2.75) is 33.6 Å². The zero-order valence-electron chi connectivity index (χ0n) is 18.1. The highest BCUT2D eigenvalue weighted by Gasteiger charge is 2.15. The summed E-state index contributed by atoms with van der Waals surface area (Å²) < 4.78 is 10.5. The number of carbonyl (C=O) groups is 1. The Bertz CT molecular complexity index is 1000. The first kappa shape index (κ1) is 23.7. The second kappa shape index (κ2) is 11.0. The summed E-state index contributed by atoms with van der Waals surface area (Å²) >= 11 is 8.07. The van der Waals surface area contributed by atoms with E-state index < -0.39 is 0 Å². The Morgan fingerprint density at radius 3 is 2.40 bits per heavy atom. The second-order valence-corrected chi connectivity index (χ2v) is 7.74. The van der Waals surface area contributed by atoms with Gasteiger partial charge in [0.05, 0.1) is 35.5 Å². The molecule has 0 aliphatic heterocycles. The number of thiazole rings is 1. The summed E-state index contributed by atoms with van der Waals surface area (Å²) in [6.07, 6.45) is 0. The van der Waals surface area contributed by atoms with Crippen LogP contribution >= 0.6 is 22.9 Å². The smallest absolute Gasteiger partial charge is 0.259 e. The second-order valence-electron chi connectivity index (χ2n) is 6.44. The van der Waals surface area contributed by atoms with Crippen molar-refractivity contribution in [2.24, 2.45) is 0 Å². The first-order valence-corrected chi connectivity index (χ1v) is 11.0. The lowest BCUT2D eigenvalue weighted by Crippen LogP contribution is -2.13. The van der Waals surface area contributed by atoms with Crippen LogP contribution in [0, 0.1) is 0 Å². The Kier molecular flexibility index (Phi) is 8.69. The molecule has 0 bridgehead atoms. The summed E-state index contributed by atoms with van der Waals surface area (Å²) in [6.45, 7) is 8.21. The third-order valence-electron chi connectivity index (χ3n) is 4.17. The predicted molar refractivity (Wildman–Crippen MR) is 125 cm³/mol. The summed E-state index contributed by atoms with van der Waals surface area (Å²) in [5, 5.41) is 6.44. The van der Waals surface area contributed by atoms with Crippen molar-refractivity contribution in [1.82, 2.24) is 4.98 Å². The molecule has 0 atom stereocenters. The van der Waals surface area contributed by atoms with Gasteiger partial charge in [0.15, 0.2) is 0 Å². The number of halogens is 1. The van der Waals surface area contributed by atoms with Crippen LogP contribution in [0.2, 0.25) is 5.02 Å². The number of methoxy groups -OCH3 is 2. The fourth-order valence-electron chi connectivity index (χ4n) is 2.66. The maximum atomic E-state index is 12.7. The van der Waals surface area contributed by atoms with Gasteiger partial charge >= 0.3 is 0 Å². The van der Waals surface area contributed by atoms with E-state index in [0.29, 0.717) is 33.7 Å². The van der Waals surface area contributed by atoms with E-state index >= 15 is 0 Å². The Labute approximate surface area is 187 Å². The predicted octanol–water partition coefficient (Wildman–Crippen LogP) is 6.88. The molecule has 0 saturated carbocycles. The number of carbonyl (C=O) groups excluding carboxylic acids is 1. The summed E-state index contributed by atoms with van der Waals surface area (Å²) in [4.78, 5) is 17.3. The molecule has 0 aliphatic rings. The average molecular weight is 447 g/mol. The van der Waals surface area contributed by atoms with Crippen molar-refractivity contribution in [3.05, 3.63) is 57.4 Å². The van der Waals surface area contributed by atoms with Gasteiger partial charge in [-0.05, 0) is 30.3 Å². The zero-order chi connectivity index (χ0) is 22.3. The zero-order valence-corrected chi connectivity index (χ0v) is 19.6. The molecule has 1 N–H and O–H groups in total. The van der Waals surface area contributed by atoms with Gasteiger partial charge in [-0.1, -0.05) is 39.3 Å². The number of hydrogen-bond donors (Lipinski definition) is 1. The molecule has 3 rings (SSSR count). The Hall–Kier alpha value is -2.57. The lowest BCUT2D eigenvalue weighted by Gasteiger charge is -2.11. The van der Waals surface area contributed by atoms with Crippen LogP contribution in [0.3, 0.4) is 0 Å². The van der Waals surface area contributed by atoms with Crippen LogP contribution in [-0.4, -0.2) is 25.1 Å². The highest BCUT2D eigenvalue weighted by atomic mass is 35.5. The van der Waals surface area contributed by atoms with Crippen LogP contribution in [0.4, 0.5) is 5.69 Å². The van der Waals surface area contributed by atoms with Gasteiger partial charge in [-0.25, -0.2) is 4.98 Å². The summed E-state index contributed by atoms with van der Waals surface area (Å²) in [7, 11) is 3.07. The van der Waals surface area contributed by atoms with E-state index in [1.165, 1.54) is 7.11 Å². The number of ether oxygens (including phenoxy) is 2. The van der Waals surface area contributed by atoms with Crippen molar-refractivity contribution >= 4 is 34.5 Å². The Morgan fingerprint density at radius 1 is 1.10 bits per heavy atom. The van der Waals surface area contributed by atoms with E-state index in [1.807, 2.05) is 31.4 Å².